The Hall–Kier alpha value is -1.95. The molecule has 6 heteroatoms. The van der Waals surface area contributed by atoms with Crippen molar-refractivity contribution in [2.45, 2.75) is 26.8 Å². The first kappa shape index (κ1) is 14.5. The van der Waals surface area contributed by atoms with Crippen molar-refractivity contribution in [3.05, 3.63) is 29.4 Å². The van der Waals surface area contributed by atoms with Gasteiger partial charge in [-0.15, -0.1) is 17.9 Å². The smallest absolute Gasteiger partial charge is 0.242 e. The monoisotopic (exact) mass is 290 g/mol. The Labute approximate surface area is 122 Å². The highest BCUT2D eigenvalue weighted by Gasteiger charge is 2.16. The van der Waals surface area contributed by atoms with Gasteiger partial charge in [0.05, 0.1) is 5.39 Å². The molecule has 0 fully saturated rings. The van der Waals surface area contributed by atoms with Crippen LogP contribution in [0.15, 0.2) is 19.0 Å². The van der Waals surface area contributed by atoms with Gasteiger partial charge < -0.3 is 10.6 Å². The van der Waals surface area contributed by atoms with E-state index >= 15 is 0 Å². The standard InChI is InChI=1S/C14H18N4OS/c1-5-6-15-13(19)9(3)18-12-11-8(2)10(4)20-14(11)17-7-16-12/h5,7,9H,1,6H2,2-4H3,(H,15,19)(H,16,17,18)/t9-/m0/s1. The van der Waals surface area contributed by atoms with Crippen LogP contribution in [-0.2, 0) is 4.79 Å². The number of carbonyl (C=O) groups excluding carboxylic acids is 1. The number of amides is 1. The predicted molar refractivity (Wildman–Crippen MR) is 83.2 cm³/mol. The van der Waals surface area contributed by atoms with Crippen molar-refractivity contribution in [1.82, 2.24) is 15.3 Å². The van der Waals surface area contributed by atoms with Gasteiger partial charge in [0.15, 0.2) is 0 Å². The van der Waals surface area contributed by atoms with Crippen molar-refractivity contribution in [3.8, 4) is 0 Å². The maximum absolute atomic E-state index is 11.9. The molecule has 0 saturated carbocycles. The van der Waals surface area contributed by atoms with Crippen LogP contribution in [0.3, 0.4) is 0 Å². The van der Waals surface area contributed by atoms with E-state index in [0.29, 0.717) is 12.4 Å². The number of hydrogen-bond donors (Lipinski definition) is 2. The molecule has 2 aromatic heterocycles. The van der Waals surface area contributed by atoms with E-state index in [1.807, 2.05) is 6.92 Å². The van der Waals surface area contributed by atoms with Gasteiger partial charge in [-0.25, -0.2) is 9.97 Å². The van der Waals surface area contributed by atoms with Gasteiger partial charge >= 0.3 is 0 Å². The molecular formula is C14H18N4OS. The number of hydrogen-bond acceptors (Lipinski definition) is 5. The zero-order valence-electron chi connectivity index (χ0n) is 11.9. The number of fused-ring (bicyclic) bond motifs is 1. The Morgan fingerprint density at radius 2 is 2.25 bits per heavy atom. The molecule has 0 bridgehead atoms. The summed E-state index contributed by atoms with van der Waals surface area (Å²) in [6.45, 7) is 9.95. The molecule has 0 aliphatic heterocycles. The second-order valence-corrected chi connectivity index (χ2v) is 5.79. The highest BCUT2D eigenvalue weighted by Crippen LogP contribution is 2.32. The fourth-order valence-electron chi connectivity index (χ4n) is 1.89. The molecule has 0 radical (unpaired) electrons. The third kappa shape index (κ3) is 2.80. The Bertz CT molecular complexity index is 650. The Kier molecular flexibility index (Phi) is 4.34. The average molecular weight is 290 g/mol. The number of rotatable bonds is 5. The molecule has 1 amide bonds. The second kappa shape index (κ2) is 6.00. The summed E-state index contributed by atoms with van der Waals surface area (Å²) >= 11 is 1.64. The van der Waals surface area contributed by atoms with Gasteiger partial charge in [-0.1, -0.05) is 6.08 Å². The van der Waals surface area contributed by atoms with Crippen molar-refractivity contribution in [1.29, 1.82) is 0 Å². The Morgan fingerprint density at radius 3 is 2.95 bits per heavy atom. The maximum Gasteiger partial charge on any atom is 0.242 e. The van der Waals surface area contributed by atoms with Crippen LogP contribution in [0.25, 0.3) is 10.2 Å². The minimum atomic E-state index is -0.368. The van der Waals surface area contributed by atoms with Crippen LogP contribution in [-0.4, -0.2) is 28.5 Å². The average Bonchev–Trinajstić information content (AvgIpc) is 2.72. The molecule has 0 aromatic carbocycles. The first-order valence-electron chi connectivity index (χ1n) is 6.40. The highest BCUT2D eigenvalue weighted by molar-refractivity contribution is 7.18. The number of carbonyl (C=O) groups is 1. The molecule has 0 spiro atoms. The molecular weight excluding hydrogens is 272 g/mol. The molecule has 2 rings (SSSR count). The molecule has 2 N–H and O–H groups in total. The highest BCUT2D eigenvalue weighted by atomic mass is 32.1. The van der Waals surface area contributed by atoms with Crippen molar-refractivity contribution in [2.24, 2.45) is 0 Å². The molecule has 0 unspecified atom stereocenters. The van der Waals surface area contributed by atoms with Crippen molar-refractivity contribution >= 4 is 33.3 Å². The predicted octanol–water partition coefficient (Wildman–Crippen LogP) is 2.41. The van der Waals surface area contributed by atoms with E-state index in [0.717, 1.165) is 15.8 Å². The lowest BCUT2D eigenvalue weighted by molar-refractivity contribution is -0.121. The number of anilines is 1. The fourth-order valence-corrected chi connectivity index (χ4v) is 2.89. The van der Waals surface area contributed by atoms with Crippen LogP contribution >= 0.6 is 11.3 Å². The quantitative estimate of drug-likeness (QED) is 0.830. The minimum absolute atomic E-state index is 0.0822. The lowest BCUT2D eigenvalue weighted by Gasteiger charge is -2.14. The van der Waals surface area contributed by atoms with Gasteiger partial charge in [0, 0.05) is 11.4 Å². The summed E-state index contributed by atoms with van der Waals surface area (Å²) in [6.07, 6.45) is 3.17. The second-order valence-electron chi connectivity index (χ2n) is 4.59. The SMILES string of the molecule is C=CCNC(=O)[C@H](C)Nc1ncnc2sc(C)c(C)c12. The van der Waals surface area contributed by atoms with Gasteiger partial charge in [0.2, 0.25) is 5.91 Å². The van der Waals surface area contributed by atoms with Crippen LogP contribution in [0.5, 0.6) is 0 Å². The molecule has 2 heterocycles. The van der Waals surface area contributed by atoms with Gasteiger partial charge in [-0.2, -0.15) is 0 Å². The van der Waals surface area contributed by atoms with Gasteiger partial charge in [-0.3, -0.25) is 4.79 Å². The van der Waals surface area contributed by atoms with E-state index in [9.17, 15) is 4.79 Å². The molecule has 0 aliphatic carbocycles. The van der Waals surface area contributed by atoms with E-state index < -0.39 is 0 Å². The maximum atomic E-state index is 11.9. The van der Waals surface area contributed by atoms with Crippen LogP contribution in [0.4, 0.5) is 5.82 Å². The number of nitrogens with zero attached hydrogens (tertiary/aromatic N) is 2. The summed E-state index contributed by atoms with van der Waals surface area (Å²) in [6, 6.07) is -0.368. The largest absolute Gasteiger partial charge is 0.358 e. The van der Waals surface area contributed by atoms with Crippen LogP contribution in [0, 0.1) is 13.8 Å². The van der Waals surface area contributed by atoms with Crippen molar-refractivity contribution in [3.63, 3.8) is 0 Å². The van der Waals surface area contributed by atoms with E-state index in [1.165, 1.54) is 11.2 Å². The molecule has 106 valence electrons. The Morgan fingerprint density at radius 1 is 1.50 bits per heavy atom. The molecule has 0 aliphatic rings. The molecule has 0 saturated heterocycles. The van der Waals surface area contributed by atoms with Crippen LogP contribution in [0.2, 0.25) is 0 Å². The third-order valence-corrected chi connectivity index (χ3v) is 4.25. The van der Waals surface area contributed by atoms with Gasteiger partial charge in [0.25, 0.3) is 0 Å². The van der Waals surface area contributed by atoms with E-state index in [4.69, 9.17) is 0 Å². The van der Waals surface area contributed by atoms with E-state index in [-0.39, 0.29) is 11.9 Å². The fraction of sp³-hybridized carbons (Fsp3) is 0.357. The first-order valence-corrected chi connectivity index (χ1v) is 7.22. The van der Waals surface area contributed by atoms with Crippen molar-refractivity contribution < 1.29 is 4.79 Å². The first-order chi connectivity index (χ1) is 9.54. The summed E-state index contributed by atoms with van der Waals surface area (Å²) in [5.41, 5.74) is 1.16. The van der Waals surface area contributed by atoms with E-state index in [2.05, 4.69) is 34.1 Å². The molecule has 20 heavy (non-hydrogen) atoms. The number of aryl methyl sites for hydroxylation is 2. The number of nitrogens with one attached hydrogen (secondary N) is 2. The molecule has 1 atom stereocenters. The molecule has 2 aromatic rings. The minimum Gasteiger partial charge on any atom is -0.358 e. The summed E-state index contributed by atoms with van der Waals surface area (Å²) in [5.74, 6) is 0.624. The van der Waals surface area contributed by atoms with Gasteiger partial charge in [-0.05, 0) is 26.3 Å². The number of aromatic nitrogens is 2. The number of thiophene rings is 1. The summed E-state index contributed by atoms with van der Waals surface area (Å²) in [4.78, 5) is 22.6. The lowest BCUT2D eigenvalue weighted by atomic mass is 10.2. The third-order valence-electron chi connectivity index (χ3n) is 3.13. The molecule has 5 nitrogen and oxygen atoms in total. The summed E-state index contributed by atoms with van der Waals surface area (Å²) in [5, 5.41) is 6.92. The topological polar surface area (TPSA) is 66.9 Å². The summed E-state index contributed by atoms with van der Waals surface area (Å²) < 4.78 is 0. The Balaban J connectivity index is 2.25. The summed E-state index contributed by atoms with van der Waals surface area (Å²) in [7, 11) is 0. The van der Waals surface area contributed by atoms with Gasteiger partial charge in [0.1, 0.15) is 23.0 Å². The van der Waals surface area contributed by atoms with Crippen molar-refractivity contribution in [2.75, 3.05) is 11.9 Å². The van der Waals surface area contributed by atoms with E-state index in [1.54, 1.807) is 24.3 Å². The zero-order chi connectivity index (χ0) is 14.7. The lowest BCUT2D eigenvalue weighted by Crippen LogP contribution is -2.37. The zero-order valence-corrected chi connectivity index (χ0v) is 12.7. The van der Waals surface area contributed by atoms with Crippen LogP contribution in [0.1, 0.15) is 17.4 Å². The normalized spacial score (nSPS) is 12.2. The van der Waals surface area contributed by atoms with Crippen LogP contribution < -0.4 is 10.6 Å².